The Bertz CT molecular complexity index is 368. The number of hydrogen-bond acceptors (Lipinski definition) is 4. The predicted octanol–water partition coefficient (Wildman–Crippen LogP) is 2.57. The summed E-state index contributed by atoms with van der Waals surface area (Å²) in [6.07, 6.45) is 5.57. The first-order chi connectivity index (χ1) is 9.89. The van der Waals surface area contributed by atoms with Gasteiger partial charge in [0.05, 0.1) is 6.61 Å². The summed E-state index contributed by atoms with van der Waals surface area (Å²) in [5.41, 5.74) is -0.480. The van der Waals surface area contributed by atoms with Crippen LogP contribution in [0.15, 0.2) is 0 Å². The quantitative estimate of drug-likeness (QED) is 0.733. The second-order valence-electron chi connectivity index (χ2n) is 7.24. The normalized spacial score (nSPS) is 30.9. The summed E-state index contributed by atoms with van der Waals surface area (Å²) in [7, 11) is 2.23. The van der Waals surface area contributed by atoms with Gasteiger partial charge in [0.2, 0.25) is 0 Å². The van der Waals surface area contributed by atoms with E-state index in [4.69, 9.17) is 4.74 Å². The van der Waals surface area contributed by atoms with Gasteiger partial charge in [-0.2, -0.15) is 0 Å². The maximum atomic E-state index is 12.5. The second-order valence-corrected chi connectivity index (χ2v) is 7.24. The Kier molecular flexibility index (Phi) is 5.31. The van der Waals surface area contributed by atoms with Gasteiger partial charge in [-0.05, 0) is 72.8 Å². The maximum Gasteiger partial charge on any atom is 0.326 e. The summed E-state index contributed by atoms with van der Waals surface area (Å²) < 4.78 is 5.36. The zero-order valence-electron chi connectivity index (χ0n) is 14.3. The Morgan fingerprint density at radius 1 is 1.33 bits per heavy atom. The molecule has 21 heavy (non-hydrogen) atoms. The van der Waals surface area contributed by atoms with Gasteiger partial charge in [0, 0.05) is 18.1 Å². The Morgan fingerprint density at radius 2 is 2.00 bits per heavy atom. The highest BCUT2D eigenvalue weighted by atomic mass is 16.5. The fraction of sp³-hybridized carbons (Fsp3) is 0.941. The number of hydrogen-bond donors (Lipinski definition) is 1. The molecule has 1 N–H and O–H groups in total. The SMILES string of the molecule is CCOC(=O)C1(NC(C)C)CCC(N(C)C(C)C2CC2)C1. The minimum Gasteiger partial charge on any atom is -0.465 e. The van der Waals surface area contributed by atoms with E-state index in [2.05, 4.69) is 38.0 Å². The monoisotopic (exact) mass is 296 g/mol. The predicted molar refractivity (Wildman–Crippen MR) is 85.2 cm³/mol. The van der Waals surface area contributed by atoms with Crippen LogP contribution in [0.25, 0.3) is 0 Å². The summed E-state index contributed by atoms with van der Waals surface area (Å²) in [6.45, 7) is 8.88. The molecule has 3 atom stereocenters. The molecule has 0 aromatic carbocycles. The van der Waals surface area contributed by atoms with E-state index < -0.39 is 5.54 Å². The molecule has 122 valence electrons. The third-order valence-electron chi connectivity index (χ3n) is 5.24. The van der Waals surface area contributed by atoms with Crippen molar-refractivity contribution >= 4 is 5.97 Å². The molecule has 0 saturated heterocycles. The number of nitrogens with zero attached hydrogens (tertiary/aromatic N) is 1. The van der Waals surface area contributed by atoms with Crippen LogP contribution in [0.2, 0.25) is 0 Å². The molecule has 3 unspecified atom stereocenters. The molecular formula is C17H32N2O2. The number of carbonyl (C=O) groups excluding carboxylic acids is 1. The van der Waals surface area contributed by atoms with Crippen LogP contribution in [0.5, 0.6) is 0 Å². The Hall–Kier alpha value is -0.610. The zero-order valence-corrected chi connectivity index (χ0v) is 14.3. The summed E-state index contributed by atoms with van der Waals surface area (Å²) in [5.74, 6) is 0.805. The third kappa shape index (κ3) is 3.78. The first-order valence-electron chi connectivity index (χ1n) is 8.56. The average molecular weight is 296 g/mol. The van der Waals surface area contributed by atoms with Gasteiger partial charge >= 0.3 is 5.97 Å². The Labute approximate surface area is 129 Å². The minimum absolute atomic E-state index is 0.0614. The molecule has 2 aliphatic rings. The van der Waals surface area contributed by atoms with Gasteiger partial charge in [0.1, 0.15) is 5.54 Å². The molecule has 0 aliphatic heterocycles. The lowest BCUT2D eigenvalue weighted by atomic mass is 9.95. The van der Waals surface area contributed by atoms with Crippen molar-refractivity contribution in [2.75, 3.05) is 13.7 Å². The van der Waals surface area contributed by atoms with Gasteiger partial charge < -0.3 is 9.64 Å². The van der Waals surface area contributed by atoms with Gasteiger partial charge in [0.25, 0.3) is 0 Å². The fourth-order valence-electron chi connectivity index (χ4n) is 3.81. The van der Waals surface area contributed by atoms with Crippen molar-refractivity contribution in [3.05, 3.63) is 0 Å². The van der Waals surface area contributed by atoms with E-state index >= 15 is 0 Å². The zero-order chi connectivity index (χ0) is 15.6. The number of rotatable bonds is 7. The topological polar surface area (TPSA) is 41.6 Å². The van der Waals surface area contributed by atoms with Gasteiger partial charge in [-0.15, -0.1) is 0 Å². The van der Waals surface area contributed by atoms with Crippen molar-refractivity contribution in [2.24, 2.45) is 5.92 Å². The minimum atomic E-state index is -0.480. The van der Waals surface area contributed by atoms with Crippen LogP contribution in [0.1, 0.15) is 59.8 Å². The molecule has 0 amide bonds. The van der Waals surface area contributed by atoms with Gasteiger partial charge in [-0.25, -0.2) is 0 Å². The summed E-state index contributed by atoms with van der Waals surface area (Å²) >= 11 is 0. The van der Waals surface area contributed by atoms with Crippen molar-refractivity contribution in [1.29, 1.82) is 0 Å². The molecule has 0 aromatic rings. The summed E-state index contributed by atoms with van der Waals surface area (Å²) in [4.78, 5) is 15.0. The van der Waals surface area contributed by atoms with Crippen LogP contribution in [0.4, 0.5) is 0 Å². The largest absolute Gasteiger partial charge is 0.465 e. The molecule has 2 rings (SSSR count). The number of nitrogens with one attached hydrogen (secondary N) is 1. The van der Waals surface area contributed by atoms with E-state index in [1.807, 2.05) is 6.92 Å². The van der Waals surface area contributed by atoms with Gasteiger partial charge in [-0.1, -0.05) is 0 Å². The summed E-state index contributed by atoms with van der Waals surface area (Å²) in [5, 5.41) is 3.51. The lowest BCUT2D eigenvalue weighted by Gasteiger charge is -2.34. The van der Waals surface area contributed by atoms with Crippen LogP contribution in [0, 0.1) is 5.92 Å². The second kappa shape index (κ2) is 6.66. The smallest absolute Gasteiger partial charge is 0.326 e. The third-order valence-corrected chi connectivity index (χ3v) is 5.24. The van der Waals surface area contributed by atoms with Crippen LogP contribution in [0.3, 0.4) is 0 Å². The van der Waals surface area contributed by atoms with E-state index in [9.17, 15) is 4.79 Å². The highest BCUT2D eigenvalue weighted by molar-refractivity contribution is 5.81. The molecule has 2 saturated carbocycles. The molecule has 0 spiro atoms. The van der Waals surface area contributed by atoms with Crippen molar-refractivity contribution < 1.29 is 9.53 Å². The van der Waals surface area contributed by atoms with Crippen LogP contribution >= 0.6 is 0 Å². The molecule has 4 nitrogen and oxygen atoms in total. The Morgan fingerprint density at radius 3 is 2.52 bits per heavy atom. The van der Waals surface area contributed by atoms with E-state index in [1.54, 1.807) is 0 Å². The van der Waals surface area contributed by atoms with Crippen LogP contribution < -0.4 is 5.32 Å². The fourth-order valence-corrected chi connectivity index (χ4v) is 3.81. The van der Waals surface area contributed by atoms with E-state index in [-0.39, 0.29) is 5.97 Å². The van der Waals surface area contributed by atoms with E-state index in [0.717, 1.165) is 25.2 Å². The van der Waals surface area contributed by atoms with Gasteiger partial charge in [0.15, 0.2) is 0 Å². The van der Waals surface area contributed by atoms with Crippen LogP contribution in [-0.2, 0) is 9.53 Å². The first kappa shape index (κ1) is 16.8. The van der Waals surface area contributed by atoms with Gasteiger partial charge in [-0.3, -0.25) is 10.1 Å². The lowest BCUT2D eigenvalue weighted by Crippen LogP contribution is -2.55. The molecule has 0 heterocycles. The van der Waals surface area contributed by atoms with Crippen molar-refractivity contribution in [3.8, 4) is 0 Å². The average Bonchev–Trinajstić information content (AvgIpc) is 3.18. The summed E-state index contributed by atoms with van der Waals surface area (Å²) in [6, 6.07) is 1.41. The molecular weight excluding hydrogens is 264 g/mol. The first-order valence-corrected chi connectivity index (χ1v) is 8.56. The number of ether oxygens (including phenoxy) is 1. The van der Waals surface area contributed by atoms with Crippen molar-refractivity contribution in [3.63, 3.8) is 0 Å². The molecule has 0 bridgehead atoms. The van der Waals surface area contributed by atoms with E-state index in [1.165, 1.54) is 12.8 Å². The molecule has 0 aromatic heterocycles. The number of esters is 1. The van der Waals surface area contributed by atoms with Crippen LogP contribution in [-0.4, -0.2) is 48.2 Å². The van der Waals surface area contributed by atoms with Crippen molar-refractivity contribution in [2.45, 2.75) is 83.5 Å². The van der Waals surface area contributed by atoms with Crippen molar-refractivity contribution in [1.82, 2.24) is 10.2 Å². The number of carbonyl (C=O) groups is 1. The highest BCUT2D eigenvalue weighted by Crippen LogP contribution is 2.40. The Balaban J connectivity index is 2.04. The molecule has 2 fully saturated rings. The van der Waals surface area contributed by atoms with E-state index in [0.29, 0.717) is 24.7 Å². The molecule has 4 heteroatoms. The molecule has 0 radical (unpaired) electrons. The lowest BCUT2D eigenvalue weighted by molar-refractivity contribution is -0.151. The highest BCUT2D eigenvalue weighted by Gasteiger charge is 2.48. The maximum absolute atomic E-state index is 12.5. The molecule has 2 aliphatic carbocycles. The standard InChI is InChI=1S/C17H32N2O2/c1-6-21-16(20)17(18-12(2)3)10-9-15(11-17)19(5)13(4)14-7-8-14/h12-15,18H,6-11H2,1-5H3.